The maximum absolute atomic E-state index is 10.6. The Hall–Kier alpha value is -2.66. The van der Waals surface area contributed by atoms with Crippen LogP contribution in [0.1, 0.15) is 16.1 Å². The van der Waals surface area contributed by atoms with Crippen molar-refractivity contribution in [3.63, 3.8) is 0 Å². The summed E-state index contributed by atoms with van der Waals surface area (Å²) < 4.78 is 1.39. The van der Waals surface area contributed by atoms with Crippen LogP contribution in [0.2, 0.25) is 5.02 Å². The molecule has 0 saturated carbocycles. The van der Waals surface area contributed by atoms with Gasteiger partial charge in [-0.15, -0.1) is 5.10 Å². The van der Waals surface area contributed by atoms with Gasteiger partial charge in [0.05, 0.1) is 18.3 Å². The second-order valence-corrected chi connectivity index (χ2v) is 4.11. The minimum Gasteiger partial charge on any atom is -0.476 e. The van der Waals surface area contributed by atoms with E-state index >= 15 is 0 Å². The molecular formula is C11H9ClN6O2. The van der Waals surface area contributed by atoms with Gasteiger partial charge in [0, 0.05) is 12.7 Å². The first kappa shape index (κ1) is 13.8. The van der Waals surface area contributed by atoms with E-state index in [9.17, 15) is 4.79 Å². The fraction of sp³-hybridized carbons (Fsp3) is 0.182. The zero-order chi connectivity index (χ0) is 14.5. The summed E-state index contributed by atoms with van der Waals surface area (Å²) in [4.78, 5) is 14.7. The van der Waals surface area contributed by atoms with E-state index in [1.54, 1.807) is 0 Å². The molecule has 102 valence electrons. The molecule has 0 radical (unpaired) electrons. The van der Waals surface area contributed by atoms with Crippen LogP contribution in [0.15, 0.2) is 18.5 Å². The van der Waals surface area contributed by atoms with Crippen molar-refractivity contribution in [3.8, 4) is 6.07 Å². The summed E-state index contributed by atoms with van der Waals surface area (Å²) >= 11 is 5.98. The van der Waals surface area contributed by atoms with E-state index in [1.807, 2.05) is 6.07 Å². The van der Waals surface area contributed by atoms with Crippen molar-refractivity contribution in [2.45, 2.75) is 6.54 Å². The van der Waals surface area contributed by atoms with Gasteiger partial charge in [-0.25, -0.2) is 14.5 Å². The van der Waals surface area contributed by atoms with Crippen LogP contribution in [-0.2, 0) is 6.54 Å². The Bertz CT molecular complexity index is 678. The average Bonchev–Trinajstić information content (AvgIpc) is 2.90. The number of nitrogens with zero attached hydrogens (tertiary/aromatic N) is 5. The predicted molar refractivity (Wildman–Crippen MR) is 69.4 cm³/mol. The summed E-state index contributed by atoms with van der Waals surface area (Å²) in [5.41, 5.74) is 0.214. The molecule has 0 unspecified atom stereocenters. The van der Waals surface area contributed by atoms with Crippen molar-refractivity contribution < 1.29 is 9.90 Å². The van der Waals surface area contributed by atoms with Crippen LogP contribution in [0.5, 0.6) is 0 Å². The predicted octanol–water partition coefficient (Wildman–Crippen LogP) is 1.01. The highest BCUT2D eigenvalue weighted by molar-refractivity contribution is 6.34. The molecule has 0 fully saturated rings. The minimum absolute atomic E-state index is 0.118. The minimum atomic E-state index is -1.13. The van der Waals surface area contributed by atoms with Gasteiger partial charge in [-0.05, 0) is 6.07 Å². The first-order valence-corrected chi connectivity index (χ1v) is 5.91. The van der Waals surface area contributed by atoms with Crippen molar-refractivity contribution in [2.24, 2.45) is 0 Å². The smallest absolute Gasteiger partial charge is 0.358 e. The maximum Gasteiger partial charge on any atom is 0.358 e. The largest absolute Gasteiger partial charge is 0.476 e. The number of nitrogens with one attached hydrogen (secondary N) is 1. The number of halogens is 1. The molecule has 0 spiro atoms. The standard InChI is InChI=1S/C11H9ClN6O2/c12-9-7(5-13)1-2-14-10(9)15-3-4-18-6-8(11(19)20)16-17-18/h1-2,6H,3-4H2,(H,14,15)(H,19,20). The topological polar surface area (TPSA) is 117 Å². The van der Waals surface area contributed by atoms with Crippen LogP contribution in [0.25, 0.3) is 0 Å². The summed E-state index contributed by atoms with van der Waals surface area (Å²) in [7, 11) is 0. The third-order valence-electron chi connectivity index (χ3n) is 2.40. The molecule has 0 amide bonds. The van der Waals surface area contributed by atoms with Crippen LogP contribution in [0.4, 0.5) is 5.82 Å². The molecule has 0 atom stereocenters. The molecule has 8 nitrogen and oxygen atoms in total. The van der Waals surface area contributed by atoms with Crippen molar-refractivity contribution in [2.75, 3.05) is 11.9 Å². The monoisotopic (exact) mass is 292 g/mol. The highest BCUT2D eigenvalue weighted by Gasteiger charge is 2.09. The summed E-state index contributed by atoms with van der Waals surface area (Å²) in [6.07, 6.45) is 2.80. The molecule has 0 aliphatic heterocycles. The third kappa shape index (κ3) is 3.02. The number of hydrogen-bond donors (Lipinski definition) is 2. The molecule has 2 aromatic heterocycles. The van der Waals surface area contributed by atoms with Crippen LogP contribution >= 0.6 is 11.6 Å². The number of carbonyl (C=O) groups is 1. The van der Waals surface area contributed by atoms with E-state index in [0.29, 0.717) is 24.5 Å². The molecule has 2 heterocycles. The number of anilines is 1. The van der Waals surface area contributed by atoms with E-state index in [2.05, 4.69) is 20.6 Å². The normalized spacial score (nSPS) is 10.0. The Balaban J connectivity index is 1.96. The SMILES string of the molecule is N#Cc1ccnc(NCCn2cc(C(=O)O)nn2)c1Cl. The average molecular weight is 293 g/mol. The van der Waals surface area contributed by atoms with Crippen LogP contribution in [0, 0.1) is 11.3 Å². The fourth-order valence-electron chi connectivity index (χ4n) is 1.45. The van der Waals surface area contributed by atoms with Crippen molar-refractivity contribution in [1.29, 1.82) is 5.26 Å². The van der Waals surface area contributed by atoms with Crippen molar-refractivity contribution in [1.82, 2.24) is 20.0 Å². The van der Waals surface area contributed by atoms with Gasteiger partial charge in [0.2, 0.25) is 0 Å². The highest BCUT2D eigenvalue weighted by Crippen LogP contribution is 2.22. The lowest BCUT2D eigenvalue weighted by molar-refractivity contribution is 0.0690. The van der Waals surface area contributed by atoms with Gasteiger partial charge < -0.3 is 10.4 Å². The molecule has 0 aliphatic rings. The summed E-state index contributed by atoms with van der Waals surface area (Å²) in [5, 5.41) is 27.9. The molecule has 2 N–H and O–H groups in total. The fourth-order valence-corrected chi connectivity index (χ4v) is 1.67. The Morgan fingerprint density at radius 3 is 3.05 bits per heavy atom. The number of carboxylic acids is 1. The molecule has 0 bridgehead atoms. The number of nitriles is 1. The van der Waals surface area contributed by atoms with Gasteiger partial charge >= 0.3 is 5.97 Å². The quantitative estimate of drug-likeness (QED) is 0.844. The number of rotatable bonds is 5. The second kappa shape index (κ2) is 5.99. The number of carboxylic acid groups (broad SMARTS) is 1. The summed E-state index contributed by atoms with van der Waals surface area (Å²) in [5.74, 6) is -0.736. The lowest BCUT2D eigenvalue weighted by atomic mass is 10.3. The zero-order valence-corrected chi connectivity index (χ0v) is 10.9. The van der Waals surface area contributed by atoms with E-state index in [0.717, 1.165) is 0 Å². The Morgan fingerprint density at radius 1 is 1.60 bits per heavy atom. The molecular weight excluding hydrogens is 284 g/mol. The lowest BCUT2D eigenvalue weighted by Gasteiger charge is -2.07. The Labute approximate surface area is 118 Å². The molecule has 0 aliphatic carbocycles. The Kier molecular flexibility index (Phi) is 4.12. The van der Waals surface area contributed by atoms with Gasteiger partial charge in [-0.2, -0.15) is 5.26 Å². The highest BCUT2D eigenvalue weighted by atomic mass is 35.5. The molecule has 0 aromatic carbocycles. The first-order chi connectivity index (χ1) is 9.61. The van der Waals surface area contributed by atoms with E-state index < -0.39 is 5.97 Å². The van der Waals surface area contributed by atoms with Crippen molar-refractivity contribution in [3.05, 3.63) is 34.7 Å². The number of aromatic nitrogens is 4. The van der Waals surface area contributed by atoms with Crippen LogP contribution < -0.4 is 5.32 Å². The zero-order valence-electron chi connectivity index (χ0n) is 10.1. The maximum atomic E-state index is 10.6. The van der Waals surface area contributed by atoms with Crippen LogP contribution in [-0.4, -0.2) is 37.6 Å². The van der Waals surface area contributed by atoms with Gasteiger partial charge in [0.1, 0.15) is 16.9 Å². The Morgan fingerprint density at radius 2 is 2.40 bits per heavy atom. The molecule has 9 heteroatoms. The third-order valence-corrected chi connectivity index (χ3v) is 2.78. The molecule has 20 heavy (non-hydrogen) atoms. The number of aromatic carboxylic acids is 1. The number of pyridine rings is 1. The molecule has 2 aromatic rings. The summed E-state index contributed by atoms with van der Waals surface area (Å²) in [6.45, 7) is 0.791. The van der Waals surface area contributed by atoms with Crippen molar-refractivity contribution >= 4 is 23.4 Å². The molecule has 0 saturated heterocycles. The lowest BCUT2D eigenvalue weighted by Crippen LogP contribution is -2.12. The second-order valence-electron chi connectivity index (χ2n) is 3.73. The van der Waals surface area contributed by atoms with Crippen LogP contribution in [0.3, 0.4) is 0 Å². The number of hydrogen-bond acceptors (Lipinski definition) is 6. The van der Waals surface area contributed by atoms with Gasteiger partial charge in [-0.1, -0.05) is 16.8 Å². The van der Waals surface area contributed by atoms with E-state index in [1.165, 1.54) is 23.1 Å². The van der Waals surface area contributed by atoms with E-state index in [4.69, 9.17) is 22.0 Å². The van der Waals surface area contributed by atoms with Gasteiger partial charge in [0.25, 0.3) is 0 Å². The first-order valence-electron chi connectivity index (χ1n) is 5.53. The summed E-state index contributed by atoms with van der Waals surface area (Å²) in [6, 6.07) is 3.47. The van der Waals surface area contributed by atoms with E-state index in [-0.39, 0.29) is 10.7 Å². The van der Waals surface area contributed by atoms with Gasteiger partial charge in [0.15, 0.2) is 5.69 Å². The molecule has 2 rings (SSSR count). The van der Waals surface area contributed by atoms with Gasteiger partial charge in [-0.3, -0.25) is 0 Å².